The Morgan fingerprint density at radius 1 is 1.11 bits per heavy atom. The second kappa shape index (κ2) is 8.83. The first-order chi connectivity index (χ1) is 13.6. The fraction of sp³-hybridized carbons (Fsp3) is 0.348. The Hall–Kier alpha value is -2.95. The lowest BCUT2D eigenvalue weighted by Gasteiger charge is -2.19. The topological polar surface area (TPSA) is 59.0 Å². The zero-order chi connectivity index (χ0) is 20.1. The maximum Gasteiger partial charge on any atom is 0.304 e. The Bertz CT molecular complexity index is 887. The second-order valence-corrected chi connectivity index (χ2v) is 6.91. The van der Waals surface area contributed by atoms with Gasteiger partial charge >= 0.3 is 5.97 Å². The molecule has 3 rings (SSSR count). The van der Waals surface area contributed by atoms with E-state index in [1.807, 2.05) is 36.4 Å². The Kier molecular flexibility index (Phi) is 6.24. The lowest BCUT2D eigenvalue weighted by Crippen LogP contribution is -2.25. The lowest BCUT2D eigenvalue weighted by atomic mass is 9.92. The molecule has 5 heteroatoms. The van der Waals surface area contributed by atoms with Crippen LogP contribution in [0.2, 0.25) is 0 Å². The van der Waals surface area contributed by atoms with Crippen molar-refractivity contribution in [2.24, 2.45) is 4.99 Å². The number of carbonyl (C=O) groups excluding carboxylic acids is 2. The predicted octanol–water partition coefficient (Wildman–Crippen LogP) is 4.97. The van der Waals surface area contributed by atoms with Gasteiger partial charge in [-0.15, -0.1) is 0 Å². The van der Waals surface area contributed by atoms with Gasteiger partial charge in [0.15, 0.2) is 6.73 Å². The number of hydrogen-bond donors (Lipinski definition) is 0. The summed E-state index contributed by atoms with van der Waals surface area (Å²) in [6.07, 6.45) is 3.42. The molecule has 0 bridgehead atoms. The highest BCUT2D eigenvalue weighted by Gasteiger charge is 2.34. The number of nitrogens with zero attached hydrogens (tertiary/aromatic N) is 2. The smallest absolute Gasteiger partial charge is 0.304 e. The highest BCUT2D eigenvalue weighted by molar-refractivity contribution is 6.55. The van der Waals surface area contributed by atoms with E-state index in [-0.39, 0.29) is 12.6 Å². The summed E-state index contributed by atoms with van der Waals surface area (Å²) >= 11 is 0. The molecule has 0 spiro atoms. The van der Waals surface area contributed by atoms with Crippen LogP contribution in [-0.4, -0.2) is 24.3 Å². The Labute approximate surface area is 166 Å². The average molecular weight is 378 g/mol. The lowest BCUT2D eigenvalue weighted by molar-refractivity contribution is -0.140. The van der Waals surface area contributed by atoms with Gasteiger partial charge in [0.1, 0.15) is 5.71 Å². The number of rotatable bonds is 7. The van der Waals surface area contributed by atoms with Crippen molar-refractivity contribution < 1.29 is 14.3 Å². The fourth-order valence-electron chi connectivity index (χ4n) is 3.65. The highest BCUT2D eigenvalue weighted by atomic mass is 16.5. The molecular formula is C23H26N2O3. The van der Waals surface area contributed by atoms with E-state index in [0.717, 1.165) is 36.2 Å². The van der Waals surface area contributed by atoms with Gasteiger partial charge in [-0.25, -0.2) is 4.99 Å². The van der Waals surface area contributed by atoms with Gasteiger partial charge in [-0.3, -0.25) is 14.5 Å². The van der Waals surface area contributed by atoms with E-state index in [1.165, 1.54) is 12.5 Å². The number of carbonyl (C=O) groups is 2. The van der Waals surface area contributed by atoms with Crippen molar-refractivity contribution in [1.29, 1.82) is 0 Å². The number of esters is 1. The summed E-state index contributed by atoms with van der Waals surface area (Å²) in [5.74, 6) is -0.0868. The summed E-state index contributed by atoms with van der Waals surface area (Å²) in [7, 11) is 0. The molecule has 0 aromatic heterocycles. The molecule has 0 fully saturated rings. The third-order valence-electron chi connectivity index (χ3n) is 5.05. The largest absolute Gasteiger partial charge is 0.443 e. The Morgan fingerprint density at radius 3 is 2.46 bits per heavy atom. The minimum atomic E-state index is -0.423. The summed E-state index contributed by atoms with van der Waals surface area (Å²) in [5.41, 5.74) is 3.98. The van der Waals surface area contributed by atoms with E-state index < -0.39 is 5.97 Å². The monoisotopic (exact) mass is 378 g/mol. The third-order valence-corrected chi connectivity index (χ3v) is 5.05. The Morgan fingerprint density at radius 2 is 1.82 bits per heavy atom. The molecule has 5 nitrogen and oxygen atoms in total. The molecule has 2 aromatic carbocycles. The van der Waals surface area contributed by atoms with E-state index in [0.29, 0.717) is 11.6 Å². The number of hydrogen-bond acceptors (Lipinski definition) is 4. The standard InChI is InChI=1S/C23H26N2O3/c1-4-8-17(5-2)18-11-13-19(14-12-18)25-21-10-7-6-9-20(21)22(23(25)27)24-15-28-16(3)26/h6-7,9-14,17H,4-5,8,15H2,1-3H3/b24-22+. The fourth-order valence-corrected chi connectivity index (χ4v) is 3.65. The van der Waals surface area contributed by atoms with Crippen LogP contribution in [0.1, 0.15) is 57.1 Å². The maximum absolute atomic E-state index is 13.1. The highest BCUT2D eigenvalue weighted by Crippen LogP contribution is 2.36. The van der Waals surface area contributed by atoms with E-state index >= 15 is 0 Å². The van der Waals surface area contributed by atoms with Crippen molar-refractivity contribution in [1.82, 2.24) is 0 Å². The molecule has 28 heavy (non-hydrogen) atoms. The SMILES string of the molecule is CCCC(CC)c1ccc(N2C(=O)/C(=N/COC(C)=O)c3ccccc32)cc1. The average Bonchev–Trinajstić information content (AvgIpc) is 2.98. The van der Waals surface area contributed by atoms with E-state index in [4.69, 9.17) is 4.74 Å². The van der Waals surface area contributed by atoms with Gasteiger partial charge < -0.3 is 4.74 Å². The minimum absolute atomic E-state index is 0.160. The molecule has 1 unspecified atom stereocenters. The number of benzene rings is 2. The second-order valence-electron chi connectivity index (χ2n) is 6.91. The van der Waals surface area contributed by atoms with Crippen molar-refractivity contribution in [3.8, 4) is 0 Å². The van der Waals surface area contributed by atoms with Crippen LogP contribution in [0.25, 0.3) is 0 Å². The molecule has 0 aliphatic carbocycles. The molecule has 1 heterocycles. The van der Waals surface area contributed by atoms with Gasteiger partial charge in [0, 0.05) is 18.2 Å². The van der Waals surface area contributed by atoms with E-state index in [2.05, 4.69) is 31.0 Å². The molecule has 1 aliphatic rings. The first kappa shape index (κ1) is 19.8. The van der Waals surface area contributed by atoms with Crippen LogP contribution in [0.15, 0.2) is 53.5 Å². The van der Waals surface area contributed by atoms with Crippen molar-refractivity contribution in [2.45, 2.75) is 46.0 Å². The molecular weight excluding hydrogens is 352 g/mol. The molecule has 0 radical (unpaired) electrons. The van der Waals surface area contributed by atoms with E-state index in [9.17, 15) is 9.59 Å². The van der Waals surface area contributed by atoms with Gasteiger partial charge in [-0.2, -0.15) is 0 Å². The van der Waals surface area contributed by atoms with Crippen molar-refractivity contribution in [3.05, 3.63) is 59.7 Å². The van der Waals surface area contributed by atoms with Crippen molar-refractivity contribution in [3.63, 3.8) is 0 Å². The number of amides is 1. The molecule has 0 saturated carbocycles. The molecule has 146 valence electrons. The van der Waals surface area contributed by atoms with Crippen molar-refractivity contribution in [2.75, 3.05) is 11.6 Å². The first-order valence-electron chi connectivity index (χ1n) is 9.78. The zero-order valence-electron chi connectivity index (χ0n) is 16.6. The molecule has 2 aromatic rings. The van der Waals surface area contributed by atoms with Crippen LogP contribution >= 0.6 is 0 Å². The van der Waals surface area contributed by atoms with Crippen molar-refractivity contribution >= 4 is 29.0 Å². The number of para-hydroxylation sites is 1. The van der Waals surface area contributed by atoms with Gasteiger partial charge in [0.2, 0.25) is 0 Å². The molecule has 1 amide bonds. The van der Waals surface area contributed by atoms with Crippen LogP contribution in [0.4, 0.5) is 11.4 Å². The van der Waals surface area contributed by atoms with Crippen LogP contribution in [0.5, 0.6) is 0 Å². The number of aliphatic imine (C=N–C) groups is 1. The molecule has 1 atom stereocenters. The van der Waals surface area contributed by atoms with Crippen LogP contribution in [-0.2, 0) is 14.3 Å². The quantitative estimate of drug-likeness (QED) is 0.639. The van der Waals surface area contributed by atoms with Crippen LogP contribution in [0, 0.1) is 0 Å². The van der Waals surface area contributed by atoms with Gasteiger partial charge in [0.05, 0.1) is 5.69 Å². The number of fused-ring (bicyclic) bond motifs is 1. The van der Waals surface area contributed by atoms with E-state index in [1.54, 1.807) is 4.90 Å². The number of anilines is 2. The molecule has 0 N–H and O–H groups in total. The number of ether oxygens (including phenoxy) is 1. The summed E-state index contributed by atoms with van der Waals surface area (Å²) in [6, 6.07) is 15.8. The van der Waals surface area contributed by atoms with Gasteiger partial charge in [-0.05, 0) is 42.5 Å². The maximum atomic E-state index is 13.1. The van der Waals surface area contributed by atoms with Gasteiger partial charge in [-0.1, -0.05) is 50.6 Å². The third kappa shape index (κ3) is 3.98. The molecule has 0 saturated heterocycles. The summed E-state index contributed by atoms with van der Waals surface area (Å²) in [4.78, 5) is 30.0. The summed E-state index contributed by atoms with van der Waals surface area (Å²) in [5, 5.41) is 0. The van der Waals surface area contributed by atoms with Crippen LogP contribution in [0.3, 0.4) is 0 Å². The Balaban J connectivity index is 1.92. The van der Waals surface area contributed by atoms with Crippen LogP contribution < -0.4 is 4.90 Å². The first-order valence-corrected chi connectivity index (χ1v) is 9.78. The zero-order valence-corrected chi connectivity index (χ0v) is 16.6. The van der Waals surface area contributed by atoms with Gasteiger partial charge in [0.25, 0.3) is 5.91 Å². The summed E-state index contributed by atoms with van der Waals surface area (Å²) in [6.45, 7) is 5.57. The molecule has 1 aliphatic heterocycles. The normalized spacial score (nSPS) is 15.6. The predicted molar refractivity (Wildman–Crippen MR) is 111 cm³/mol. The summed E-state index contributed by atoms with van der Waals surface area (Å²) < 4.78 is 4.89. The minimum Gasteiger partial charge on any atom is -0.443 e.